The largest absolute Gasteiger partial charge is 0.317 e. The van der Waals surface area contributed by atoms with Gasteiger partial charge in [0.05, 0.1) is 5.02 Å². The second kappa shape index (κ2) is 2.47. The summed E-state index contributed by atoms with van der Waals surface area (Å²) in [5, 5.41) is 1.74. The Kier molecular flexibility index (Phi) is 1.59. The molecule has 2 aromatic rings. The van der Waals surface area contributed by atoms with Crippen LogP contribution in [0.5, 0.6) is 0 Å². The summed E-state index contributed by atoms with van der Waals surface area (Å²) in [7, 11) is 2.55. The first-order chi connectivity index (χ1) is 5.29. The van der Waals surface area contributed by atoms with E-state index in [1.165, 1.54) is 0 Å². The fourth-order valence-electron chi connectivity index (χ4n) is 1.02. The molecule has 2 aromatic heterocycles. The summed E-state index contributed by atoms with van der Waals surface area (Å²) < 4.78 is 1.86. The molecule has 0 bridgehead atoms. The van der Waals surface area contributed by atoms with Crippen molar-refractivity contribution in [3.8, 4) is 0 Å². The Morgan fingerprint density at radius 1 is 1.45 bits per heavy atom. The van der Waals surface area contributed by atoms with Gasteiger partial charge in [-0.05, 0) is 21.5 Å². The summed E-state index contributed by atoms with van der Waals surface area (Å²) in [5.41, 5.74) is 0.891. The molecule has 2 nitrogen and oxygen atoms in total. The lowest BCUT2D eigenvalue weighted by molar-refractivity contribution is 1.26. The zero-order valence-electron chi connectivity index (χ0n) is 5.66. The van der Waals surface area contributed by atoms with Crippen molar-refractivity contribution >= 4 is 32.0 Å². The number of aromatic nitrogens is 2. The molecule has 0 N–H and O–H groups in total. The molecule has 0 radical (unpaired) electrons. The molecule has 1 unspecified atom stereocenters. The number of nitrogens with zero attached hydrogens (tertiary/aromatic N) is 2. The van der Waals surface area contributed by atoms with Crippen LogP contribution in [0.2, 0.25) is 5.02 Å². The highest BCUT2D eigenvalue weighted by atomic mass is 35.5. The molecule has 2 rings (SSSR count). The van der Waals surface area contributed by atoms with E-state index >= 15 is 0 Å². The van der Waals surface area contributed by atoms with Gasteiger partial charge in [0.1, 0.15) is 5.65 Å². The zero-order valence-corrected chi connectivity index (χ0v) is 7.57. The van der Waals surface area contributed by atoms with E-state index in [9.17, 15) is 0 Å². The average Bonchev–Trinajstić information content (AvgIpc) is 2.35. The minimum absolute atomic E-state index is 0.746. The fourth-order valence-corrected chi connectivity index (χ4v) is 1.52. The number of pyridine rings is 1. The predicted octanol–water partition coefficient (Wildman–Crippen LogP) is 2.33. The Morgan fingerprint density at radius 2 is 2.27 bits per heavy atom. The number of hydrogen-bond donors (Lipinski definition) is 0. The van der Waals surface area contributed by atoms with Gasteiger partial charge >= 0.3 is 0 Å². The van der Waals surface area contributed by atoms with Crippen molar-refractivity contribution in [2.45, 2.75) is 0 Å². The Hall–Kier alpha value is -0.590. The van der Waals surface area contributed by atoms with E-state index in [2.05, 4.69) is 14.4 Å². The first-order valence-electron chi connectivity index (χ1n) is 3.15. The van der Waals surface area contributed by atoms with Crippen LogP contribution in [-0.2, 0) is 0 Å². The van der Waals surface area contributed by atoms with E-state index in [-0.39, 0.29) is 0 Å². The Labute approximate surface area is 71.4 Å². The van der Waals surface area contributed by atoms with Crippen LogP contribution in [-0.4, -0.2) is 9.32 Å². The van der Waals surface area contributed by atoms with Gasteiger partial charge in [-0.1, -0.05) is 11.6 Å². The first-order valence-corrected chi connectivity index (χ1v) is 4.05. The zero-order chi connectivity index (χ0) is 7.84. The van der Waals surface area contributed by atoms with Crippen LogP contribution in [0.4, 0.5) is 0 Å². The SMILES string of the molecule is Pn1ccc2c(Cl)ccnc21. The molecule has 2 heterocycles. The lowest BCUT2D eigenvalue weighted by atomic mass is 10.3. The molecule has 0 aromatic carbocycles. The van der Waals surface area contributed by atoms with E-state index in [0.29, 0.717) is 0 Å². The summed E-state index contributed by atoms with van der Waals surface area (Å²) >= 11 is 5.91. The molecule has 4 heteroatoms. The van der Waals surface area contributed by atoms with Gasteiger partial charge in [-0.25, -0.2) is 4.98 Å². The summed E-state index contributed by atoms with van der Waals surface area (Å²) in [4.78, 5) is 4.16. The van der Waals surface area contributed by atoms with Gasteiger partial charge < -0.3 is 4.34 Å². The molecular formula is C7H6ClN2P. The quantitative estimate of drug-likeness (QED) is 0.575. The molecule has 0 aliphatic carbocycles. The highest BCUT2D eigenvalue weighted by Crippen LogP contribution is 2.22. The van der Waals surface area contributed by atoms with Gasteiger partial charge in [0.15, 0.2) is 0 Å². The summed E-state index contributed by atoms with van der Waals surface area (Å²) in [6, 6.07) is 3.73. The van der Waals surface area contributed by atoms with Gasteiger partial charge in [-0.3, -0.25) is 0 Å². The van der Waals surface area contributed by atoms with Gasteiger partial charge in [0.25, 0.3) is 0 Å². The van der Waals surface area contributed by atoms with Crippen molar-refractivity contribution in [1.29, 1.82) is 0 Å². The van der Waals surface area contributed by atoms with Gasteiger partial charge in [-0.2, -0.15) is 0 Å². The molecule has 0 aliphatic heterocycles. The average molecular weight is 185 g/mol. The van der Waals surface area contributed by atoms with Gasteiger partial charge in [0.2, 0.25) is 0 Å². The molecular weight excluding hydrogens is 179 g/mol. The van der Waals surface area contributed by atoms with Crippen LogP contribution in [0, 0.1) is 0 Å². The van der Waals surface area contributed by atoms with Crippen LogP contribution in [0.1, 0.15) is 0 Å². The molecule has 0 saturated carbocycles. The topological polar surface area (TPSA) is 17.8 Å². The van der Waals surface area contributed by atoms with Crippen molar-refractivity contribution in [3.05, 3.63) is 29.5 Å². The van der Waals surface area contributed by atoms with Gasteiger partial charge in [-0.15, -0.1) is 0 Å². The summed E-state index contributed by atoms with van der Waals surface area (Å²) in [5.74, 6) is 0. The van der Waals surface area contributed by atoms with E-state index in [0.717, 1.165) is 16.1 Å². The normalized spacial score (nSPS) is 10.7. The summed E-state index contributed by atoms with van der Waals surface area (Å²) in [6.07, 6.45) is 3.61. The van der Waals surface area contributed by atoms with Crippen molar-refractivity contribution < 1.29 is 0 Å². The van der Waals surface area contributed by atoms with Crippen molar-refractivity contribution in [2.24, 2.45) is 0 Å². The molecule has 0 fully saturated rings. The van der Waals surface area contributed by atoms with E-state index in [1.807, 2.05) is 16.6 Å². The highest BCUT2D eigenvalue weighted by Gasteiger charge is 2.01. The van der Waals surface area contributed by atoms with Crippen LogP contribution in [0.3, 0.4) is 0 Å². The minimum Gasteiger partial charge on any atom is -0.317 e. The first kappa shape index (κ1) is 7.08. The minimum atomic E-state index is 0.746. The van der Waals surface area contributed by atoms with Crippen molar-refractivity contribution in [1.82, 2.24) is 9.32 Å². The molecule has 56 valence electrons. The fraction of sp³-hybridized carbons (Fsp3) is 0. The second-order valence-electron chi connectivity index (χ2n) is 2.25. The van der Waals surface area contributed by atoms with Crippen LogP contribution >= 0.6 is 21.0 Å². The molecule has 0 saturated heterocycles. The van der Waals surface area contributed by atoms with Crippen LogP contribution in [0.25, 0.3) is 11.0 Å². The molecule has 0 spiro atoms. The third-order valence-electron chi connectivity index (χ3n) is 1.56. The van der Waals surface area contributed by atoms with E-state index in [4.69, 9.17) is 11.6 Å². The number of rotatable bonds is 0. The highest BCUT2D eigenvalue weighted by molar-refractivity contribution is 7.14. The smallest absolute Gasteiger partial charge is 0.144 e. The van der Waals surface area contributed by atoms with Crippen molar-refractivity contribution in [3.63, 3.8) is 0 Å². The predicted molar refractivity (Wildman–Crippen MR) is 49.9 cm³/mol. The molecule has 0 aliphatic rings. The third-order valence-corrected chi connectivity index (χ3v) is 2.31. The maximum absolute atomic E-state index is 5.91. The maximum Gasteiger partial charge on any atom is 0.144 e. The molecule has 11 heavy (non-hydrogen) atoms. The summed E-state index contributed by atoms with van der Waals surface area (Å²) in [6.45, 7) is 0. The lowest BCUT2D eigenvalue weighted by Gasteiger charge is -1.94. The van der Waals surface area contributed by atoms with E-state index < -0.39 is 0 Å². The van der Waals surface area contributed by atoms with Crippen molar-refractivity contribution in [2.75, 3.05) is 0 Å². The third kappa shape index (κ3) is 1.03. The Bertz CT molecular complexity index is 396. The number of fused-ring (bicyclic) bond motifs is 1. The number of halogens is 1. The molecule has 1 atom stereocenters. The lowest BCUT2D eigenvalue weighted by Crippen LogP contribution is -1.79. The van der Waals surface area contributed by atoms with Gasteiger partial charge in [0, 0.05) is 17.8 Å². The van der Waals surface area contributed by atoms with Crippen LogP contribution in [0.15, 0.2) is 24.5 Å². The number of hydrogen-bond acceptors (Lipinski definition) is 1. The van der Waals surface area contributed by atoms with E-state index in [1.54, 1.807) is 12.3 Å². The monoisotopic (exact) mass is 184 g/mol. The maximum atomic E-state index is 5.91. The second-order valence-corrected chi connectivity index (χ2v) is 3.22. The Balaban J connectivity index is 2.94. The standard InChI is InChI=1S/C7H6ClN2P/c8-6-1-3-9-7-5(6)2-4-10(7)11/h1-4H,11H2. The van der Waals surface area contributed by atoms with Crippen LogP contribution < -0.4 is 0 Å². The Morgan fingerprint density at radius 3 is 3.00 bits per heavy atom. The molecule has 0 amide bonds.